The Morgan fingerprint density at radius 1 is 0.931 bits per heavy atom. The Labute approximate surface area is 173 Å². The molecule has 1 heterocycles. The third-order valence-corrected chi connectivity index (χ3v) is 5.62. The molecule has 2 aromatic carbocycles. The van der Waals surface area contributed by atoms with Crippen LogP contribution in [0.25, 0.3) is 0 Å². The van der Waals surface area contributed by atoms with Crippen LogP contribution in [0, 0.1) is 0 Å². The van der Waals surface area contributed by atoms with Gasteiger partial charge in [0.1, 0.15) is 0 Å². The number of nitrogens with zero attached hydrogens (tertiary/aromatic N) is 2. The van der Waals surface area contributed by atoms with Gasteiger partial charge in [-0.25, -0.2) is 0 Å². The van der Waals surface area contributed by atoms with Crippen molar-refractivity contribution in [1.82, 2.24) is 4.90 Å². The molecular formula is C24H31N3O2. The van der Waals surface area contributed by atoms with Gasteiger partial charge in [0.25, 0.3) is 0 Å². The predicted molar refractivity (Wildman–Crippen MR) is 116 cm³/mol. The second-order valence-electron chi connectivity index (χ2n) is 9.15. The SMILES string of the molecule is CC1(C)CC(N)CC(C)(C)N1C(=O)C(=O)N(Cc1ccccc1)c1ccccc1. The highest BCUT2D eigenvalue weighted by molar-refractivity contribution is 6.40. The minimum Gasteiger partial charge on any atom is -0.328 e. The van der Waals surface area contributed by atoms with E-state index in [0.717, 1.165) is 5.56 Å². The third kappa shape index (κ3) is 4.51. The Kier molecular flexibility index (Phi) is 5.80. The van der Waals surface area contributed by atoms with E-state index in [0.29, 0.717) is 25.1 Å². The summed E-state index contributed by atoms with van der Waals surface area (Å²) >= 11 is 0. The van der Waals surface area contributed by atoms with Crippen LogP contribution >= 0.6 is 0 Å². The van der Waals surface area contributed by atoms with Crippen molar-refractivity contribution >= 4 is 17.5 Å². The fourth-order valence-corrected chi connectivity index (χ4v) is 4.77. The van der Waals surface area contributed by atoms with E-state index in [1.54, 1.807) is 9.80 Å². The van der Waals surface area contributed by atoms with Crippen LogP contribution in [0.15, 0.2) is 60.7 Å². The van der Waals surface area contributed by atoms with Crippen molar-refractivity contribution in [3.63, 3.8) is 0 Å². The van der Waals surface area contributed by atoms with Gasteiger partial charge in [-0.2, -0.15) is 0 Å². The highest BCUT2D eigenvalue weighted by atomic mass is 16.2. The number of rotatable bonds is 3. The molecule has 0 atom stereocenters. The van der Waals surface area contributed by atoms with Gasteiger partial charge in [-0.3, -0.25) is 14.5 Å². The van der Waals surface area contributed by atoms with E-state index in [2.05, 4.69) is 0 Å². The summed E-state index contributed by atoms with van der Waals surface area (Å²) in [6.45, 7) is 8.29. The zero-order chi connectivity index (χ0) is 21.2. The number of nitrogens with two attached hydrogens (primary N) is 1. The van der Waals surface area contributed by atoms with Crippen LogP contribution in [0.2, 0.25) is 0 Å². The van der Waals surface area contributed by atoms with Gasteiger partial charge >= 0.3 is 11.8 Å². The maximum Gasteiger partial charge on any atom is 0.316 e. The molecule has 2 aromatic rings. The van der Waals surface area contributed by atoms with E-state index in [-0.39, 0.29) is 6.04 Å². The van der Waals surface area contributed by atoms with Crippen molar-refractivity contribution < 1.29 is 9.59 Å². The Balaban J connectivity index is 1.95. The number of hydrogen-bond acceptors (Lipinski definition) is 3. The maximum atomic E-state index is 13.5. The lowest BCUT2D eigenvalue weighted by atomic mass is 9.77. The molecule has 0 saturated carbocycles. The highest BCUT2D eigenvalue weighted by Gasteiger charge is 2.49. The first-order valence-electron chi connectivity index (χ1n) is 10.1. The van der Waals surface area contributed by atoms with E-state index < -0.39 is 22.9 Å². The molecule has 0 aliphatic carbocycles. The molecule has 2 amide bonds. The van der Waals surface area contributed by atoms with Gasteiger partial charge < -0.3 is 10.6 Å². The van der Waals surface area contributed by atoms with E-state index in [1.165, 1.54) is 0 Å². The molecule has 2 N–H and O–H groups in total. The lowest BCUT2D eigenvalue weighted by molar-refractivity contribution is -0.157. The average Bonchev–Trinajstić information content (AvgIpc) is 2.64. The first kappa shape index (κ1) is 21.1. The molecule has 0 bridgehead atoms. The number of amides is 2. The van der Waals surface area contributed by atoms with Crippen LogP contribution in [0.1, 0.15) is 46.1 Å². The fourth-order valence-electron chi connectivity index (χ4n) is 4.77. The van der Waals surface area contributed by atoms with E-state index in [1.807, 2.05) is 88.4 Å². The maximum absolute atomic E-state index is 13.5. The molecule has 154 valence electrons. The Morgan fingerprint density at radius 2 is 1.41 bits per heavy atom. The molecule has 1 aliphatic heterocycles. The summed E-state index contributed by atoms with van der Waals surface area (Å²) in [7, 11) is 0. The Morgan fingerprint density at radius 3 is 1.93 bits per heavy atom. The number of para-hydroxylation sites is 1. The topological polar surface area (TPSA) is 66.6 Å². The van der Waals surface area contributed by atoms with Crippen LogP contribution < -0.4 is 10.6 Å². The molecule has 0 radical (unpaired) electrons. The van der Waals surface area contributed by atoms with E-state index in [9.17, 15) is 9.59 Å². The molecule has 0 unspecified atom stereocenters. The number of anilines is 1. The molecule has 5 heteroatoms. The number of benzene rings is 2. The normalized spacial score (nSPS) is 18.3. The molecule has 29 heavy (non-hydrogen) atoms. The summed E-state index contributed by atoms with van der Waals surface area (Å²) in [5.41, 5.74) is 6.93. The summed E-state index contributed by atoms with van der Waals surface area (Å²) in [6.07, 6.45) is 1.33. The first-order valence-corrected chi connectivity index (χ1v) is 10.1. The summed E-state index contributed by atoms with van der Waals surface area (Å²) in [6, 6.07) is 19.1. The average molecular weight is 394 g/mol. The number of hydrogen-bond donors (Lipinski definition) is 1. The lowest BCUT2D eigenvalue weighted by Gasteiger charge is -2.54. The molecule has 1 aliphatic rings. The molecule has 5 nitrogen and oxygen atoms in total. The van der Waals surface area contributed by atoms with Gasteiger partial charge in [-0.05, 0) is 58.2 Å². The standard InChI is InChI=1S/C24H31N3O2/c1-23(2)15-19(25)16-24(3,4)27(23)22(29)21(28)26(20-13-9-6-10-14-20)17-18-11-7-5-8-12-18/h5-14,19H,15-17,25H2,1-4H3. The largest absolute Gasteiger partial charge is 0.328 e. The van der Waals surface area contributed by atoms with E-state index in [4.69, 9.17) is 5.73 Å². The van der Waals surface area contributed by atoms with Crippen LogP contribution in [0.3, 0.4) is 0 Å². The molecule has 1 fully saturated rings. The van der Waals surface area contributed by atoms with Crippen LogP contribution in [0.4, 0.5) is 5.69 Å². The number of piperidine rings is 1. The molecule has 3 rings (SSSR count). The van der Waals surface area contributed by atoms with Gasteiger partial charge in [-0.1, -0.05) is 48.5 Å². The Bertz CT molecular complexity index is 844. The van der Waals surface area contributed by atoms with Gasteiger partial charge in [0.05, 0.1) is 6.54 Å². The monoisotopic (exact) mass is 393 g/mol. The highest BCUT2D eigenvalue weighted by Crippen LogP contribution is 2.38. The molecule has 0 aromatic heterocycles. The number of carbonyl (C=O) groups excluding carboxylic acids is 2. The van der Waals surface area contributed by atoms with Crippen molar-refractivity contribution in [3.05, 3.63) is 66.2 Å². The van der Waals surface area contributed by atoms with Gasteiger partial charge in [-0.15, -0.1) is 0 Å². The minimum atomic E-state index is -0.517. The van der Waals surface area contributed by atoms with Crippen LogP contribution in [0.5, 0.6) is 0 Å². The van der Waals surface area contributed by atoms with Crippen molar-refractivity contribution in [2.75, 3.05) is 4.90 Å². The smallest absolute Gasteiger partial charge is 0.316 e. The summed E-state index contributed by atoms with van der Waals surface area (Å²) in [5.74, 6) is -0.997. The zero-order valence-corrected chi connectivity index (χ0v) is 17.8. The first-order chi connectivity index (χ1) is 13.6. The summed E-state index contributed by atoms with van der Waals surface area (Å²) in [4.78, 5) is 30.4. The van der Waals surface area contributed by atoms with Crippen molar-refractivity contribution in [2.24, 2.45) is 5.73 Å². The van der Waals surface area contributed by atoms with E-state index >= 15 is 0 Å². The van der Waals surface area contributed by atoms with Crippen molar-refractivity contribution in [2.45, 2.75) is 64.2 Å². The van der Waals surface area contributed by atoms with Crippen molar-refractivity contribution in [1.29, 1.82) is 0 Å². The van der Waals surface area contributed by atoms with Crippen LogP contribution in [-0.2, 0) is 16.1 Å². The van der Waals surface area contributed by atoms with Crippen LogP contribution in [-0.4, -0.2) is 33.8 Å². The second kappa shape index (κ2) is 7.99. The lowest BCUT2D eigenvalue weighted by Crippen LogP contribution is -2.67. The Hall–Kier alpha value is -2.66. The fraction of sp³-hybridized carbons (Fsp3) is 0.417. The van der Waals surface area contributed by atoms with Gasteiger partial charge in [0.2, 0.25) is 0 Å². The van der Waals surface area contributed by atoms with Gasteiger partial charge in [0, 0.05) is 22.8 Å². The number of carbonyl (C=O) groups is 2. The zero-order valence-electron chi connectivity index (χ0n) is 17.8. The molecule has 0 spiro atoms. The van der Waals surface area contributed by atoms with Gasteiger partial charge in [0.15, 0.2) is 0 Å². The molecule has 1 saturated heterocycles. The number of likely N-dealkylation sites (tertiary alicyclic amines) is 1. The minimum absolute atomic E-state index is 0.00805. The second-order valence-corrected chi connectivity index (χ2v) is 9.15. The predicted octanol–water partition coefficient (Wildman–Crippen LogP) is 3.73. The quantitative estimate of drug-likeness (QED) is 0.808. The molecular weight excluding hydrogens is 362 g/mol. The summed E-state index contributed by atoms with van der Waals surface area (Å²) in [5, 5.41) is 0. The third-order valence-electron chi connectivity index (χ3n) is 5.62. The van der Waals surface area contributed by atoms with Crippen molar-refractivity contribution in [3.8, 4) is 0 Å². The summed E-state index contributed by atoms with van der Waals surface area (Å²) < 4.78 is 0.